The van der Waals surface area contributed by atoms with Crippen LogP contribution in [0.4, 0.5) is 16.0 Å². The molecule has 3 aromatic rings. The number of rotatable bonds is 5. The van der Waals surface area contributed by atoms with Gasteiger partial charge in [0.2, 0.25) is 5.95 Å². The number of nitrogens with zero attached hydrogens (tertiary/aromatic N) is 2. The van der Waals surface area contributed by atoms with Crippen molar-refractivity contribution in [2.45, 2.75) is 6.54 Å². The van der Waals surface area contributed by atoms with E-state index in [2.05, 4.69) is 20.6 Å². The molecule has 0 radical (unpaired) electrons. The number of halogens is 3. The van der Waals surface area contributed by atoms with Crippen LogP contribution in [0.25, 0.3) is 0 Å². The molecule has 0 fully saturated rings. The molecule has 1 aromatic heterocycles. The maximum Gasteiger partial charge on any atom is 0.258 e. The summed E-state index contributed by atoms with van der Waals surface area (Å²) in [6.45, 7) is 0.432. The van der Waals surface area contributed by atoms with Gasteiger partial charge >= 0.3 is 0 Å². The minimum Gasteiger partial charge on any atom is -0.350 e. The number of hydrogen-bond acceptors (Lipinski definition) is 4. The summed E-state index contributed by atoms with van der Waals surface area (Å²) in [5.41, 5.74) is 1.47. The Hall–Kier alpha value is -2.70. The highest BCUT2D eigenvalue weighted by Crippen LogP contribution is 2.30. The molecular weight excluding hydrogens is 378 g/mol. The van der Waals surface area contributed by atoms with Crippen molar-refractivity contribution in [1.82, 2.24) is 9.97 Å². The van der Waals surface area contributed by atoms with E-state index in [0.29, 0.717) is 28.2 Å². The third-order valence-corrected chi connectivity index (χ3v) is 4.11. The maximum atomic E-state index is 12.9. The number of amides is 1. The van der Waals surface area contributed by atoms with E-state index in [1.54, 1.807) is 30.3 Å². The van der Waals surface area contributed by atoms with Gasteiger partial charge in [-0.1, -0.05) is 41.4 Å². The summed E-state index contributed by atoms with van der Waals surface area (Å²) >= 11 is 12.1. The maximum absolute atomic E-state index is 12.9. The van der Waals surface area contributed by atoms with Crippen molar-refractivity contribution in [2.24, 2.45) is 0 Å². The van der Waals surface area contributed by atoms with Gasteiger partial charge < -0.3 is 10.6 Å². The van der Waals surface area contributed by atoms with Crippen LogP contribution in [0.15, 0.2) is 54.9 Å². The average Bonchev–Trinajstić information content (AvgIpc) is 2.65. The van der Waals surface area contributed by atoms with Gasteiger partial charge in [-0.25, -0.2) is 14.4 Å². The Bertz CT molecular complexity index is 897. The van der Waals surface area contributed by atoms with E-state index in [0.717, 1.165) is 5.56 Å². The van der Waals surface area contributed by atoms with Crippen molar-refractivity contribution in [2.75, 3.05) is 10.6 Å². The number of para-hydroxylation sites is 1. The molecule has 1 amide bonds. The predicted octanol–water partition coefficient (Wildman–Crippen LogP) is 4.79. The number of aromatic nitrogens is 2. The monoisotopic (exact) mass is 390 g/mol. The first kappa shape index (κ1) is 18.1. The van der Waals surface area contributed by atoms with Gasteiger partial charge in [0, 0.05) is 18.9 Å². The van der Waals surface area contributed by atoms with E-state index in [4.69, 9.17) is 23.2 Å². The molecule has 0 bridgehead atoms. The van der Waals surface area contributed by atoms with Gasteiger partial charge in [-0.15, -0.1) is 0 Å². The predicted molar refractivity (Wildman–Crippen MR) is 100 cm³/mol. The Morgan fingerprint density at radius 1 is 1.00 bits per heavy atom. The van der Waals surface area contributed by atoms with Crippen LogP contribution in [0.5, 0.6) is 0 Å². The topological polar surface area (TPSA) is 66.9 Å². The molecule has 8 heteroatoms. The number of anilines is 2. The van der Waals surface area contributed by atoms with E-state index >= 15 is 0 Å². The lowest BCUT2D eigenvalue weighted by atomic mass is 10.2. The third kappa shape index (κ3) is 4.47. The standard InChI is InChI=1S/C18H13Cl2FN4O/c19-14-2-1-3-15(20)16(14)25-17(26)12-9-23-18(24-10-12)22-8-11-4-6-13(21)7-5-11/h1-7,9-10H,8H2,(H,25,26)(H,22,23,24). The van der Waals surface area contributed by atoms with Crippen molar-refractivity contribution < 1.29 is 9.18 Å². The fourth-order valence-electron chi connectivity index (χ4n) is 2.12. The van der Waals surface area contributed by atoms with Gasteiger partial charge in [0.05, 0.1) is 21.3 Å². The Kier molecular flexibility index (Phi) is 5.65. The molecule has 0 atom stereocenters. The van der Waals surface area contributed by atoms with Gasteiger partial charge in [-0.05, 0) is 29.8 Å². The second-order valence-corrected chi connectivity index (χ2v) is 6.14. The SMILES string of the molecule is O=C(Nc1c(Cl)cccc1Cl)c1cnc(NCc2ccc(F)cc2)nc1. The van der Waals surface area contributed by atoms with Crippen molar-refractivity contribution >= 4 is 40.7 Å². The van der Waals surface area contributed by atoms with E-state index in [-0.39, 0.29) is 11.4 Å². The van der Waals surface area contributed by atoms with Crippen LogP contribution < -0.4 is 10.6 Å². The zero-order valence-corrected chi connectivity index (χ0v) is 14.9. The molecular formula is C18H13Cl2FN4O. The highest BCUT2D eigenvalue weighted by molar-refractivity contribution is 6.40. The first-order chi connectivity index (χ1) is 12.5. The molecule has 0 saturated heterocycles. The molecule has 0 saturated carbocycles. The zero-order valence-electron chi connectivity index (χ0n) is 13.3. The number of hydrogen-bond donors (Lipinski definition) is 2. The number of benzene rings is 2. The Balaban J connectivity index is 1.63. The number of carbonyl (C=O) groups is 1. The smallest absolute Gasteiger partial charge is 0.258 e. The minimum absolute atomic E-state index is 0.258. The summed E-state index contributed by atoms with van der Waals surface area (Å²) in [5.74, 6) is -0.370. The van der Waals surface area contributed by atoms with Gasteiger partial charge in [0.25, 0.3) is 5.91 Å². The molecule has 0 aliphatic carbocycles. The average molecular weight is 391 g/mol. The summed E-state index contributed by atoms with van der Waals surface area (Å²) in [7, 11) is 0. The van der Waals surface area contributed by atoms with Crippen LogP contribution in [0.3, 0.4) is 0 Å². The fourth-order valence-corrected chi connectivity index (χ4v) is 2.61. The van der Waals surface area contributed by atoms with Crippen LogP contribution in [0, 0.1) is 5.82 Å². The number of nitrogens with one attached hydrogen (secondary N) is 2. The Labute approximate surface area is 159 Å². The lowest BCUT2D eigenvalue weighted by molar-refractivity contribution is 0.102. The molecule has 132 valence electrons. The van der Waals surface area contributed by atoms with Crippen molar-refractivity contribution in [1.29, 1.82) is 0 Å². The van der Waals surface area contributed by atoms with Gasteiger partial charge in [-0.2, -0.15) is 0 Å². The first-order valence-corrected chi connectivity index (χ1v) is 8.34. The summed E-state index contributed by atoms with van der Waals surface area (Å²) in [6, 6.07) is 11.0. The summed E-state index contributed by atoms with van der Waals surface area (Å²) in [6.07, 6.45) is 2.78. The minimum atomic E-state index is -0.426. The third-order valence-electron chi connectivity index (χ3n) is 3.48. The molecule has 5 nitrogen and oxygen atoms in total. The van der Waals surface area contributed by atoms with Crippen molar-refractivity contribution in [3.8, 4) is 0 Å². The lowest BCUT2D eigenvalue weighted by Crippen LogP contribution is -2.14. The summed E-state index contributed by atoms with van der Waals surface area (Å²) in [5, 5.41) is 6.31. The highest BCUT2D eigenvalue weighted by atomic mass is 35.5. The van der Waals surface area contributed by atoms with Crippen LogP contribution in [0.2, 0.25) is 10.0 Å². The summed E-state index contributed by atoms with van der Waals surface area (Å²) < 4.78 is 12.9. The van der Waals surface area contributed by atoms with E-state index in [1.165, 1.54) is 24.5 Å². The molecule has 1 heterocycles. The molecule has 0 spiro atoms. The van der Waals surface area contributed by atoms with Crippen LogP contribution in [-0.4, -0.2) is 15.9 Å². The van der Waals surface area contributed by atoms with Gasteiger partial charge in [0.15, 0.2) is 0 Å². The van der Waals surface area contributed by atoms with Crippen molar-refractivity contribution in [3.63, 3.8) is 0 Å². The van der Waals surface area contributed by atoms with Crippen LogP contribution in [0.1, 0.15) is 15.9 Å². The fraction of sp³-hybridized carbons (Fsp3) is 0.0556. The van der Waals surface area contributed by atoms with E-state index in [1.807, 2.05) is 0 Å². The molecule has 26 heavy (non-hydrogen) atoms. The molecule has 0 aliphatic heterocycles. The van der Waals surface area contributed by atoms with E-state index < -0.39 is 5.91 Å². The number of carbonyl (C=O) groups excluding carboxylic acids is 1. The highest BCUT2D eigenvalue weighted by Gasteiger charge is 2.12. The lowest BCUT2D eigenvalue weighted by Gasteiger charge is -2.09. The van der Waals surface area contributed by atoms with Crippen LogP contribution >= 0.6 is 23.2 Å². The quantitative estimate of drug-likeness (QED) is 0.657. The first-order valence-electron chi connectivity index (χ1n) is 7.58. The second-order valence-electron chi connectivity index (χ2n) is 5.33. The van der Waals surface area contributed by atoms with E-state index in [9.17, 15) is 9.18 Å². The molecule has 0 aliphatic rings. The van der Waals surface area contributed by atoms with Gasteiger partial charge in [-0.3, -0.25) is 4.79 Å². The second kappa shape index (κ2) is 8.12. The molecule has 2 N–H and O–H groups in total. The Morgan fingerprint density at radius 3 is 2.23 bits per heavy atom. The summed E-state index contributed by atoms with van der Waals surface area (Å²) in [4.78, 5) is 20.5. The molecule has 3 rings (SSSR count). The Morgan fingerprint density at radius 2 is 1.62 bits per heavy atom. The largest absolute Gasteiger partial charge is 0.350 e. The molecule has 0 unspecified atom stereocenters. The molecule has 2 aromatic carbocycles. The normalized spacial score (nSPS) is 10.4. The van der Waals surface area contributed by atoms with Crippen molar-refractivity contribution in [3.05, 3.63) is 81.8 Å². The zero-order chi connectivity index (χ0) is 18.5. The van der Waals surface area contributed by atoms with Gasteiger partial charge in [0.1, 0.15) is 5.82 Å². The van der Waals surface area contributed by atoms with Crippen LogP contribution in [-0.2, 0) is 6.54 Å².